The number of benzene rings is 2. The monoisotopic (exact) mass is 467 g/mol. The van der Waals surface area contributed by atoms with Crippen LogP contribution in [0.4, 0.5) is 10.1 Å². The van der Waals surface area contributed by atoms with Gasteiger partial charge in [-0.05, 0) is 48.2 Å². The fourth-order valence-electron chi connectivity index (χ4n) is 4.14. The van der Waals surface area contributed by atoms with Gasteiger partial charge in [-0.25, -0.2) is 0 Å². The summed E-state index contributed by atoms with van der Waals surface area (Å²) < 4.78 is 17.9. The van der Waals surface area contributed by atoms with Gasteiger partial charge in [0, 0.05) is 12.7 Å². The van der Waals surface area contributed by atoms with Crippen LogP contribution >= 0.6 is 0 Å². The molecule has 0 heterocycles. The van der Waals surface area contributed by atoms with Crippen molar-refractivity contribution in [3.63, 3.8) is 0 Å². The highest BCUT2D eigenvalue weighted by Gasteiger charge is 1.97. The van der Waals surface area contributed by atoms with Crippen LogP contribution in [0.15, 0.2) is 48.5 Å². The molecule has 0 saturated heterocycles. The molecule has 0 atom stereocenters. The van der Waals surface area contributed by atoms with E-state index in [4.69, 9.17) is 4.74 Å². The first-order chi connectivity index (χ1) is 16.8. The van der Waals surface area contributed by atoms with Crippen LogP contribution in [0.1, 0.15) is 101 Å². The second-order valence-electron chi connectivity index (χ2n) is 9.26. The van der Waals surface area contributed by atoms with Crippen molar-refractivity contribution in [3.05, 3.63) is 59.7 Å². The normalized spacial score (nSPS) is 11.2. The number of anilines is 1. The molecule has 1 N–H and O–H groups in total. The van der Waals surface area contributed by atoms with Gasteiger partial charge < -0.3 is 10.1 Å². The lowest BCUT2D eigenvalue weighted by atomic mass is 10.0. The fraction of sp³-hybridized carbons (Fsp3) is 0.548. The van der Waals surface area contributed by atoms with E-state index in [9.17, 15) is 4.39 Å². The van der Waals surface area contributed by atoms with E-state index >= 15 is 0 Å². The van der Waals surface area contributed by atoms with Gasteiger partial charge in [0.05, 0.1) is 13.3 Å². The molecule has 0 aromatic heterocycles. The molecule has 0 aliphatic carbocycles. The molecular formula is C31H46FNO. The largest absolute Gasteiger partial charge is 0.494 e. The minimum absolute atomic E-state index is 0.146. The van der Waals surface area contributed by atoms with Gasteiger partial charge in [-0.3, -0.25) is 4.39 Å². The third-order valence-corrected chi connectivity index (χ3v) is 6.34. The van der Waals surface area contributed by atoms with Crippen molar-refractivity contribution in [1.82, 2.24) is 0 Å². The van der Waals surface area contributed by atoms with Crippen molar-refractivity contribution in [2.45, 2.75) is 89.9 Å². The Morgan fingerprint density at radius 3 is 1.44 bits per heavy atom. The molecule has 2 rings (SSSR count). The third kappa shape index (κ3) is 13.4. The predicted octanol–water partition coefficient (Wildman–Crippen LogP) is 9.71. The molecule has 2 aromatic rings. The summed E-state index contributed by atoms with van der Waals surface area (Å²) in [7, 11) is 1.93. The third-order valence-electron chi connectivity index (χ3n) is 6.34. The first-order valence-electron chi connectivity index (χ1n) is 13.6. The molecule has 2 aromatic carbocycles. The maximum atomic E-state index is 12.0. The van der Waals surface area contributed by atoms with Crippen LogP contribution in [0.5, 0.6) is 5.75 Å². The summed E-state index contributed by atoms with van der Waals surface area (Å²) in [4.78, 5) is 0. The maximum Gasteiger partial charge on any atom is 0.119 e. The van der Waals surface area contributed by atoms with Gasteiger partial charge in [-0.2, -0.15) is 0 Å². The zero-order valence-electron chi connectivity index (χ0n) is 21.4. The van der Waals surface area contributed by atoms with E-state index in [2.05, 4.69) is 66.0 Å². The molecule has 0 bridgehead atoms. The molecule has 0 fully saturated rings. The number of unbranched alkanes of at least 4 members (excludes halogenated alkanes) is 13. The summed E-state index contributed by atoms with van der Waals surface area (Å²) >= 11 is 0. The van der Waals surface area contributed by atoms with Crippen molar-refractivity contribution < 1.29 is 9.13 Å². The van der Waals surface area contributed by atoms with Crippen molar-refractivity contribution in [3.8, 4) is 5.75 Å². The number of alkyl halides is 1. The van der Waals surface area contributed by atoms with Crippen molar-refractivity contribution in [2.24, 2.45) is 0 Å². The van der Waals surface area contributed by atoms with Gasteiger partial charge in [-0.1, -0.05) is 113 Å². The SMILES string of the molecule is CNc1ccc(/C=C/c2ccc(OCCCCCCCCCCCCCCCCF)cc2)cc1. The van der Waals surface area contributed by atoms with Crippen molar-refractivity contribution in [1.29, 1.82) is 0 Å². The van der Waals surface area contributed by atoms with E-state index in [1.165, 1.54) is 81.8 Å². The molecule has 0 amide bonds. The number of hydrogen-bond donors (Lipinski definition) is 1. The van der Waals surface area contributed by atoms with E-state index in [-0.39, 0.29) is 6.67 Å². The Kier molecular flexibility index (Phi) is 15.7. The first kappa shape index (κ1) is 28.0. The second-order valence-corrected chi connectivity index (χ2v) is 9.26. The van der Waals surface area contributed by atoms with E-state index in [0.717, 1.165) is 37.3 Å². The molecule has 3 heteroatoms. The van der Waals surface area contributed by atoms with Crippen LogP contribution in [0.25, 0.3) is 12.2 Å². The Morgan fingerprint density at radius 1 is 0.588 bits per heavy atom. The van der Waals surface area contributed by atoms with Crippen LogP contribution in [-0.4, -0.2) is 20.3 Å². The number of hydrogen-bond acceptors (Lipinski definition) is 2. The number of nitrogens with one attached hydrogen (secondary N) is 1. The van der Waals surface area contributed by atoms with Gasteiger partial charge in [0.25, 0.3) is 0 Å². The lowest BCUT2D eigenvalue weighted by Gasteiger charge is -2.07. The summed E-state index contributed by atoms with van der Waals surface area (Å²) in [6.07, 6.45) is 21.8. The predicted molar refractivity (Wildman–Crippen MR) is 147 cm³/mol. The Morgan fingerprint density at radius 2 is 1.00 bits per heavy atom. The lowest BCUT2D eigenvalue weighted by molar-refractivity contribution is 0.304. The first-order valence-corrected chi connectivity index (χ1v) is 13.6. The summed E-state index contributed by atoms with van der Waals surface area (Å²) in [6.45, 7) is 0.658. The number of rotatable bonds is 20. The summed E-state index contributed by atoms with van der Waals surface area (Å²) in [6, 6.07) is 16.7. The molecule has 0 aliphatic heterocycles. The average Bonchev–Trinajstić information content (AvgIpc) is 2.88. The second kappa shape index (κ2) is 19.1. The van der Waals surface area contributed by atoms with Crippen LogP contribution in [-0.2, 0) is 0 Å². The zero-order chi connectivity index (χ0) is 24.1. The van der Waals surface area contributed by atoms with Gasteiger partial charge in [-0.15, -0.1) is 0 Å². The Hall–Kier alpha value is -2.29. The fourth-order valence-corrected chi connectivity index (χ4v) is 4.14. The number of halogens is 1. The zero-order valence-corrected chi connectivity index (χ0v) is 21.4. The molecule has 34 heavy (non-hydrogen) atoms. The van der Waals surface area contributed by atoms with Crippen LogP contribution < -0.4 is 10.1 Å². The van der Waals surface area contributed by atoms with E-state index in [1.54, 1.807) is 0 Å². The molecule has 0 radical (unpaired) electrons. The highest BCUT2D eigenvalue weighted by atomic mass is 19.1. The van der Waals surface area contributed by atoms with E-state index < -0.39 is 0 Å². The van der Waals surface area contributed by atoms with Crippen LogP contribution in [0.2, 0.25) is 0 Å². The highest BCUT2D eigenvalue weighted by Crippen LogP contribution is 2.17. The molecule has 0 spiro atoms. The van der Waals surface area contributed by atoms with Crippen LogP contribution in [0.3, 0.4) is 0 Å². The average molecular weight is 468 g/mol. The summed E-state index contributed by atoms with van der Waals surface area (Å²) in [5.74, 6) is 0.956. The summed E-state index contributed by atoms with van der Waals surface area (Å²) in [5.41, 5.74) is 3.50. The smallest absolute Gasteiger partial charge is 0.119 e. The number of ether oxygens (including phenoxy) is 1. The molecular weight excluding hydrogens is 421 g/mol. The van der Waals surface area contributed by atoms with Gasteiger partial charge >= 0.3 is 0 Å². The Labute approximate surface area is 208 Å². The molecule has 2 nitrogen and oxygen atoms in total. The molecule has 0 aliphatic rings. The van der Waals surface area contributed by atoms with E-state index in [0.29, 0.717) is 0 Å². The maximum absolute atomic E-state index is 12.0. The minimum Gasteiger partial charge on any atom is -0.494 e. The lowest BCUT2D eigenvalue weighted by Crippen LogP contribution is -1.97. The van der Waals surface area contributed by atoms with Gasteiger partial charge in [0.2, 0.25) is 0 Å². The molecule has 188 valence electrons. The van der Waals surface area contributed by atoms with Gasteiger partial charge in [0.15, 0.2) is 0 Å². The topological polar surface area (TPSA) is 21.3 Å². The quantitative estimate of drug-likeness (QED) is 0.154. The van der Waals surface area contributed by atoms with E-state index in [1.807, 2.05) is 7.05 Å². The summed E-state index contributed by atoms with van der Waals surface area (Å²) in [5, 5.41) is 3.14. The highest BCUT2D eigenvalue weighted by molar-refractivity contribution is 5.70. The van der Waals surface area contributed by atoms with Gasteiger partial charge in [0.1, 0.15) is 5.75 Å². The van der Waals surface area contributed by atoms with Crippen LogP contribution in [0, 0.1) is 0 Å². The van der Waals surface area contributed by atoms with Crippen molar-refractivity contribution in [2.75, 3.05) is 25.6 Å². The van der Waals surface area contributed by atoms with Crippen molar-refractivity contribution >= 4 is 17.8 Å². The Bertz CT molecular complexity index is 754. The minimum atomic E-state index is -0.146. The molecule has 0 unspecified atom stereocenters. The molecule has 0 saturated carbocycles. The standard InChI is InChI=1S/C31H46FNO/c1-33-30-22-18-28(19-23-30)16-17-29-20-24-31(25-21-29)34-27-15-13-11-9-7-5-3-2-4-6-8-10-12-14-26-32/h16-25,33H,2-15,26-27H2,1H3/b17-16+. The Balaban J connectivity index is 1.42.